The van der Waals surface area contributed by atoms with Crippen LogP contribution in [0.2, 0.25) is 0 Å². The molecule has 5 nitrogen and oxygen atoms in total. The molecule has 94 valence electrons. The van der Waals surface area contributed by atoms with E-state index in [1.165, 1.54) is 43.7 Å². The molecule has 0 bridgehead atoms. The Morgan fingerprint density at radius 3 is 2.82 bits per heavy atom. The Kier molecular flexibility index (Phi) is 3.02. The maximum Gasteiger partial charge on any atom is 0.203 e. The van der Waals surface area contributed by atoms with Crippen LogP contribution in [0.3, 0.4) is 0 Å². The minimum absolute atomic E-state index is 0.508. The van der Waals surface area contributed by atoms with Crippen molar-refractivity contribution in [3.8, 4) is 0 Å². The molecule has 1 spiro atoms. The Morgan fingerprint density at radius 2 is 2.12 bits per heavy atom. The Bertz CT molecular complexity index is 389. The van der Waals surface area contributed by atoms with Crippen molar-refractivity contribution in [2.75, 3.05) is 32.0 Å². The number of nitrogens with two attached hydrogens (primary N) is 1. The minimum Gasteiger partial charge on any atom is -0.381 e. The molecule has 1 aromatic heterocycles. The van der Waals surface area contributed by atoms with Gasteiger partial charge < -0.3 is 10.5 Å². The number of likely N-dealkylation sites (tertiary alicyclic amines) is 1. The first kappa shape index (κ1) is 11.4. The Hall–Kier alpha value is -0.720. The molecule has 0 saturated carbocycles. The summed E-state index contributed by atoms with van der Waals surface area (Å²) in [5.74, 6) is 0. The highest BCUT2D eigenvalue weighted by Gasteiger charge is 2.39. The number of nitrogens with zero attached hydrogens (tertiary/aromatic N) is 3. The predicted molar refractivity (Wildman–Crippen MR) is 66.7 cm³/mol. The number of anilines is 1. The van der Waals surface area contributed by atoms with Crippen LogP contribution in [0.25, 0.3) is 0 Å². The minimum atomic E-state index is 0.508. The summed E-state index contributed by atoms with van der Waals surface area (Å²) in [5.41, 5.74) is 6.11. The number of hydrogen-bond donors (Lipinski definition) is 1. The molecule has 0 aromatic carbocycles. The molecular weight excluding hydrogens is 236 g/mol. The molecule has 3 heterocycles. The normalized spacial score (nSPS) is 24.5. The zero-order valence-electron chi connectivity index (χ0n) is 9.89. The van der Waals surface area contributed by atoms with Crippen molar-refractivity contribution in [3.63, 3.8) is 0 Å². The van der Waals surface area contributed by atoms with Crippen LogP contribution >= 0.6 is 11.3 Å². The average molecular weight is 254 g/mol. The average Bonchev–Trinajstić information content (AvgIpc) is 2.89. The quantitative estimate of drug-likeness (QED) is 0.857. The van der Waals surface area contributed by atoms with Gasteiger partial charge in [-0.2, -0.15) is 0 Å². The van der Waals surface area contributed by atoms with Crippen molar-refractivity contribution < 1.29 is 4.74 Å². The molecule has 0 aliphatic carbocycles. The first-order valence-corrected chi connectivity index (χ1v) is 6.95. The first-order chi connectivity index (χ1) is 8.26. The summed E-state index contributed by atoms with van der Waals surface area (Å²) < 4.78 is 5.46. The highest BCUT2D eigenvalue weighted by molar-refractivity contribution is 7.15. The third kappa shape index (κ3) is 2.43. The Morgan fingerprint density at radius 1 is 1.29 bits per heavy atom. The van der Waals surface area contributed by atoms with Crippen LogP contribution in [0.5, 0.6) is 0 Å². The van der Waals surface area contributed by atoms with Crippen LogP contribution in [0.1, 0.15) is 24.3 Å². The van der Waals surface area contributed by atoms with Crippen molar-refractivity contribution in [1.82, 2.24) is 15.1 Å². The fourth-order valence-corrected chi connectivity index (χ4v) is 3.55. The molecule has 1 aromatic rings. The summed E-state index contributed by atoms with van der Waals surface area (Å²) in [6, 6.07) is 0. The smallest absolute Gasteiger partial charge is 0.203 e. The van der Waals surface area contributed by atoms with E-state index in [4.69, 9.17) is 10.5 Å². The molecular formula is C11H18N4OS. The van der Waals surface area contributed by atoms with Gasteiger partial charge in [-0.25, -0.2) is 0 Å². The van der Waals surface area contributed by atoms with Gasteiger partial charge in [0.2, 0.25) is 5.13 Å². The van der Waals surface area contributed by atoms with Crippen LogP contribution in [-0.4, -0.2) is 41.4 Å². The van der Waals surface area contributed by atoms with E-state index in [1.54, 1.807) is 0 Å². The third-order valence-corrected chi connectivity index (χ3v) is 4.65. The molecule has 17 heavy (non-hydrogen) atoms. The number of aromatic nitrogens is 2. The molecule has 2 aliphatic heterocycles. The van der Waals surface area contributed by atoms with Gasteiger partial charge in [0.1, 0.15) is 5.01 Å². The van der Waals surface area contributed by atoms with Crippen molar-refractivity contribution >= 4 is 16.5 Å². The van der Waals surface area contributed by atoms with E-state index in [2.05, 4.69) is 15.1 Å². The molecule has 0 radical (unpaired) electrons. The van der Waals surface area contributed by atoms with E-state index < -0.39 is 0 Å². The maximum absolute atomic E-state index is 5.60. The van der Waals surface area contributed by atoms with Crippen molar-refractivity contribution in [2.24, 2.45) is 5.41 Å². The van der Waals surface area contributed by atoms with E-state index in [0.717, 1.165) is 24.8 Å². The lowest BCUT2D eigenvalue weighted by molar-refractivity contribution is 0.0190. The standard InChI is InChI=1S/C11H18N4OS/c12-10-14-13-9(17-10)7-15-4-1-11(8-15)2-5-16-6-3-11/h1-8H2,(H2,12,14). The van der Waals surface area contributed by atoms with Crippen molar-refractivity contribution in [1.29, 1.82) is 0 Å². The molecule has 2 fully saturated rings. The van der Waals surface area contributed by atoms with Gasteiger partial charge in [0, 0.05) is 19.8 Å². The van der Waals surface area contributed by atoms with E-state index in [9.17, 15) is 0 Å². The van der Waals surface area contributed by atoms with Crippen molar-refractivity contribution in [3.05, 3.63) is 5.01 Å². The topological polar surface area (TPSA) is 64.3 Å². The van der Waals surface area contributed by atoms with Gasteiger partial charge in [0.25, 0.3) is 0 Å². The summed E-state index contributed by atoms with van der Waals surface area (Å²) in [6.07, 6.45) is 3.72. The summed E-state index contributed by atoms with van der Waals surface area (Å²) >= 11 is 1.50. The monoisotopic (exact) mass is 254 g/mol. The second kappa shape index (κ2) is 4.51. The van der Waals surface area contributed by atoms with Crippen LogP contribution in [0.15, 0.2) is 0 Å². The number of hydrogen-bond acceptors (Lipinski definition) is 6. The van der Waals surface area contributed by atoms with Gasteiger partial charge in [-0.15, -0.1) is 10.2 Å². The molecule has 2 saturated heterocycles. The SMILES string of the molecule is Nc1nnc(CN2CCC3(CCOCC3)C2)s1. The lowest BCUT2D eigenvalue weighted by Gasteiger charge is -2.33. The van der Waals surface area contributed by atoms with Gasteiger partial charge in [-0.05, 0) is 31.2 Å². The lowest BCUT2D eigenvalue weighted by atomic mass is 9.80. The summed E-state index contributed by atoms with van der Waals surface area (Å²) in [6.45, 7) is 5.10. The molecule has 0 amide bonds. The molecule has 0 unspecified atom stereocenters. The van der Waals surface area contributed by atoms with Gasteiger partial charge >= 0.3 is 0 Å². The maximum atomic E-state index is 5.60. The van der Waals surface area contributed by atoms with Gasteiger partial charge in [-0.1, -0.05) is 11.3 Å². The molecule has 2 N–H and O–H groups in total. The van der Waals surface area contributed by atoms with E-state index in [-0.39, 0.29) is 0 Å². The Labute approximate surface area is 105 Å². The van der Waals surface area contributed by atoms with Crippen LogP contribution in [0, 0.1) is 5.41 Å². The first-order valence-electron chi connectivity index (χ1n) is 6.14. The summed E-state index contributed by atoms with van der Waals surface area (Å²) in [7, 11) is 0. The number of nitrogen functional groups attached to an aromatic ring is 1. The van der Waals surface area contributed by atoms with E-state index in [0.29, 0.717) is 10.5 Å². The fraction of sp³-hybridized carbons (Fsp3) is 0.818. The molecule has 0 atom stereocenters. The van der Waals surface area contributed by atoms with E-state index in [1.807, 2.05) is 0 Å². The van der Waals surface area contributed by atoms with E-state index >= 15 is 0 Å². The third-order valence-electron chi connectivity index (χ3n) is 3.91. The van der Waals surface area contributed by atoms with Crippen LogP contribution in [-0.2, 0) is 11.3 Å². The van der Waals surface area contributed by atoms with Gasteiger partial charge in [-0.3, -0.25) is 4.90 Å². The second-order valence-electron chi connectivity index (χ2n) is 5.11. The molecule has 6 heteroatoms. The predicted octanol–water partition coefficient (Wildman–Crippen LogP) is 1.12. The highest BCUT2D eigenvalue weighted by Crippen LogP contribution is 2.40. The molecule has 2 aliphatic rings. The largest absolute Gasteiger partial charge is 0.381 e. The number of ether oxygens (including phenoxy) is 1. The summed E-state index contributed by atoms with van der Waals surface area (Å²) in [4.78, 5) is 2.48. The van der Waals surface area contributed by atoms with Crippen LogP contribution in [0.4, 0.5) is 5.13 Å². The second-order valence-corrected chi connectivity index (χ2v) is 6.20. The zero-order chi connectivity index (χ0) is 11.7. The van der Waals surface area contributed by atoms with Gasteiger partial charge in [0.05, 0.1) is 6.54 Å². The van der Waals surface area contributed by atoms with Gasteiger partial charge in [0.15, 0.2) is 0 Å². The van der Waals surface area contributed by atoms with Crippen LogP contribution < -0.4 is 5.73 Å². The highest BCUT2D eigenvalue weighted by atomic mass is 32.1. The lowest BCUT2D eigenvalue weighted by Crippen LogP contribution is -2.32. The fourth-order valence-electron chi connectivity index (χ4n) is 2.90. The summed E-state index contributed by atoms with van der Waals surface area (Å²) in [5, 5.41) is 9.56. The van der Waals surface area contributed by atoms with Crippen molar-refractivity contribution in [2.45, 2.75) is 25.8 Å². The molecule has 3 rings (SSSR count). The number of rotatable bonds is 2. The Balaban J connectivity index is 1.60. The zero-order valence-corrected chi connectivity index (χ0v) is 10.7.